The maximum absolute atomic E-state index is 5.71. The Morgan fingerprint density at radius 2 is 1.92 bits per heavy atom. The number of rotatable bonds is 8. The minimum absolute atomic E-state index is 0.752. The summed E-state index contributed by atoms with van der Waals surface area (Å²) >= 11 is 0. The summed E-state index contributed by atoms with van der Waals surface area (Å²) in [5.41, 5.74) is 13.2. The number of nitrogens with two attached hydrogens (primary N) is 1. The quantitative estimate of drug-likeness (QED) is 0.558. The largest absolute Gasteiger partial charge is 0.353 e. The third-order valence-corrected chi connectivity index (χ3v) is 4.88. The Kier molecular flexibility index (Phi) is 5.87. The van der Waals surface area contributed by atoms with Crippen LogP contribution in [0.1, 0.15) is 49.3 Å². The third kappa shape index (κ3) is 3.93. The van der Waals surface area contributed by atoms with Crippen molar-refractivity contribution in [2.24, 2.45) is 5.73 Å². The van der Waals surface area contributed by atoms with Crippen LogP contribution in [0.3, 0.4) is 0 Å². The van der Waals surface area contributed by atoms with Gasteiger partial charge in [-0.1, -0.05) is 37.6 Å². The Morgan fingerprint density at radius 1 is 1.04 bits per heavy atom. The lowest BCUT2D eigenvalue weighted by atomic mass is 9.99. The summed E-state index contributed by atoms with van der Waals surface area (Å²) in [6.07, 6.45) is 8.72. The van der Waals surface area contributed by atoms with Gasteiger partial charge in [0.25, 0.3) is 0 Å². The van der Waals surface area contributed by atoms with Gasteiger partial charge in [-0.2, -0.15) is 0 Å². The number of H-pyrrole nitrogens is 1. The van der Waals surface area contributed by atoms with Gasteiger partial charge in [-0.3, -0.25) is 4.98 Å². The number of hydrogen-bond donors (Lipinski definition) is 2. The van der Waals surface area contributed by atoms with Crippen LogP contribution in [0.5, 0.6) is 0 Å². The fourth-order valence-corrected chi connectivity index (χ4v) is 3.45. The van der Waals surface area contributed by atoms with Gasteiger partial charge in [0.1, 0.15) is 0 Å². The molecule has 3 nitrogen and oxygen atoms in total. The first kappa shape index (κ1) is 17.7. The van der Waals surface area contributed by atoms with Gasteiger partial charge in [-0.05, 0) is 68.3 Å². The van der Waals surface area contributed by atoms with Crippen molar-refractivity contribution >= 4 is 10.9 Å². The monoisotopic (exact) mass is 335 g/mol. The number of nitrogens with one attached hydrogen (secondary N) is 1. The maximum atomic E-state index is 5.71. The van der Waals surface area contributed by atoms with E-state index < -0.39 is 0 Å². The molecule has 25 heavy (non-hydrogen) atoms. The highest BCUT2D eigenvalue weighted by atomic mass is 14.8. The van der Waals surface area contributed by atoms with Gasteiger partial charge in [-0.15, -0.1) is 0 Å². The van der Waals surface area contributed by atoms with Gasteiger partial charge in [0.2, 0.25) is 0 Å². The molecule has 0 atom stereocenters. The minimum Gasteiger partial charge on any atom is -0.353 e. The van der Waals surface area contributed by atoms with Gasteiger partial charge < -0.3 is 10.7 Å². The zero-order valence-corrected chi connectivity index (χ0v) is 15.4. The second-order valence-corrected chi connectivity index (χ2v) is 6.89. The Labute approximate surface area is 150 Å². The summed E-state index contributed by atoms with van der Waals surface area (Å²) in [4.78, 5) is 8.38. The van der Waals surface area contributed by atoms with E-state index in [9.17, 15) is 0 Å². The van der Waals surface area contributed by atoms with Crippen molar-refractivity contribution in [2.75, 3.05) is 6.54 Å². The van der Waals surface area contributed by atoms with Gasteiger partial charge in [0.05, 0.1) is 11.4 Å². The van der Waals surface area contributed by atoms with E-state index in [1.54, 1.807) is 0 Å². The Bertz CT molecular complexity index is 815. The lowest BCUT2D eigenvalue weighted by Crippen LogP contribution is -1.99. The van der Waals surface area contributed by atoms with Gasteiger partial charge in [0, 0.05) is 17.1 Å². The van der Waals surface area contributed by atoms with Crippen LogP contribution in [-0.2, 0) is 12.8 Å². The van der Waals surface area contributed by atoms with E-state index in [4.69, 9.17) is 5.73 Å². The predicted molar refractivity (Wildman–Crippen MR) is 107 cm³/mol. The molecule has 3 N–H and O–H groups in total. The molecule has 3 heteroatoms. The molecule has 1 aromatic carbocycles. The van der Waals surface area contributed by atoms with Gasteiger partial charge >= 0.3 is 0 Å². The van der Waals surface area contributed by atoms with Gasteiger partial charge in [-0.25, -0.2) is 0 Å². The maximum Gasteiger partial charge on any atom is 0.0867 e. The minimum atomic E-state index is 0.752. The highest BCUT2D eigenvalue weighted by Crippen LogP contribution is 2.33. The Balaban J connectivity index is 2.09. The number of pyridine rings is 1. The summed E-state index contributed by atoms with van der Waals surface area (Å²) in [5.74, 6) is 0. The summed E-state index contributed by atoms with van der Waals surface area (Å²) in [7, 11) is 0. The van der Waals surface area contributed by atoms with Crippen LogP contribution in [0, 0.1) is 6.92 Å². The van der Waals surface area contributed by atoms with Crippen LogP contribution < -0.4 is 5.73 Å². The first-order valence-corrected chi connectivity index (χ1v) is 9.50. The smallest absolute Gasteiger partial charge is 0.0867 e. The molecule has 132 valence electrons. The molecule has 0 spiro atoms. The highest BCUT2D eigenvalue weighted by molar-refractivity contribution is 5.92. The number of hydrogen-bond acceptors (Lipinski definition) is 2. The first-order valence-electron chi connectivity index (χ1n) is 9.50. The lowest BCUT2D eigenvalue weighted by Gasteiger charge is -2.05. The summed E-state index contributed by atoms with van der Waals surface area (Å²) in [6.45, 7) is 5.07. The van der Waals surface area contributed by atoms with Crippen LogP contribution in [0.25, 0.3) is 22.3 Å². The number of aryl methyl sites for hydroxylation is 3. The highest BCUT2D eigenvalue weighted by Gasteiger charge is 2.15. The molecule has 2 heterocycles. The van der Waals surface area contributed by atoms with Crippen molar-refractivity contribution in [3.8, 4) is 11.4 Å². The molecule has 0 aliphatic rings. The van der Waals surface area contributed by atoms with Gasteiger partial charge in [0.15, 0.2) is 0 Å². The average Bonchev–Trinajstić information content (AvgIpc) is 3.00. The van der Waals surface area contributed by atoms with E-state index in [-0.39, 0.29) is 0 Å². The first-order chi connectivity index (χ1) is 12.2. The molecule has 2 aromatic heterocycles. The van der Waals surface area contributed by atoms with Crippen molar-refractivity contribution in [3.05, 3.63) is 53.2 Å². The standard InChI is InChI=1S/C22H29N3/c1-3-4-8-17-9-7-11-18-19(10-5-6-14-23)22(25-21(17)18)20-13-12-16(2)15-24-20/h7,9,11-13,15,25H,3-6,8,10,14,23H2,1-2H3. The SMILES string of the molecule is CCCCc1cccc2c(CCCCN)c(-c3ccc(C)cn3)[nH]c12. The topological polar surface area (TPSA) is 54.7 Å². The van der Waals surface area contributed by atoms with Crippen LogP contribution >= 0.6 is 0 Å². The number of aromatic nitrogens is 2. The number of aromatic amines is 1. The summed E-state index contributed by atoms with van der Waals surface area (Å²) in [6, 6.07) is 11.0. The number of fused-ring (bicyclic) bond motifs is 1. The number of para-hydroxylation sites is 1. The molecule has 0 unspecified atom stereocenters. The van der Waals surface area contributed by atoms with E-state index in [2.05, 4.69) is 54.1 Å². The van der Waals surface area contributed by atoms with Crippen molar-refractivity contribution in [2.45, 2.75) is 52.4 Å². The molecular weight excluding hydrogens is 306 g/mol. The molecule has 0 aliphatic heterocycles. The van der Waals surface area contributed by atoms with E-state index in [1.165, 1.54) is 46.1 Å². The number of nitrogens with zero attached hydrogens (tertiary/aromatic N) is 1. The third-order valence-electron chi connectivity index (χ3n) is 4.88. The molecule has 0 amide bonds. The molecule has 3 rings (SSSR count). The predicted octanol–water partition coefficient (Wildman–Crippen LogP) is 5.16. The molecule has 0 bridgehead atoms. The van der Waals surface area contributed by atoms with Crippen LogP contribution in [0.15, 0.2) is 36.5 Å². The van der Waals surface area contributed by atoms with E-state index in [0.717, 1.165) is 37.9 Å². The molecule has 3 aromatic rings. The normalized spacial score (nSPS) is 11.3. The zero-order valence-electron chi connectivity index (χ0n) is 15.4. The van der Waals surface area contributed by atoms with E-state index in [0.29, 0.717) is 0 Å². The van der Waals surface area contributed by atoms with Crippen LogP contribution in [0.2, 0.25) is 0 Å². The van der Waals surface area contributed by atoms with E-state index >= 15 is 0 Å². The lowest BCUT2D eigenvalue weighted by molar-refractivity contribution is 0.748. The van der Waals surface area contributed by atoms with Crippen LogP contribution in [0.4, 0.5) is 0 Å². The van der Waals surface area contributed by atoms with Crippen molar-refractivity contribution in [1.29, 1.82) is 0 Å². The molecule has 0 saturated carbocycles. The second kappa shape index (κ2) is 8.30. The molecule has 0 aliphatic carbocycles. The summed E-state index contributed by atoms with van der Waals surface area (Å²) < 4.78 is 0. The Morgan fingerprint density at radius 3 is 2.64 bits per heavy atom. The second-order valence-electron chi connectivity index (χ2n) is 6.89. The van der Waals surface area contributed by atoms with Crippen LogP contribution in [-0.4, -0.2) is 16.5 Å². The fourth-order valence-electron chi connectivity index (χ4n) is 3.45. The van der Waals surface area contributed by atoms with Crippen molar-refractivity contribution in [1.82, 2.24) is 9.97 Å². The van der Waals surface area contributed by atoms with E-state index in [1.807, 2.05) is 6.20 Å². The molecular formula is C22H29N3. The zero-order chi connectivity index (χ0) is 17.6. The van der Waals surface area contributed by atoms with Crippen molar-refractivity contribution in [3.63, 3.8) is 0 Å². The Hall–Kier alpha value is -2.13. The average molecular weight is 335 g/mol. The van der Waals surface area contributed by atoms with Crippen molar-refractivity contribution < 1.29 is 0 Å². The summed E-state index contributed by atoms with van der Waals surface area (Å²) in [5, 5.41) is 1.35. The molecule has 0 radical (unpaired) electrons. The fraction of sp³-hybridized carbons (Fsp3) is 0.409. The number of unbranched alkanes of at least 4 members (excludes halogenated alkanes) is 2. The molecule has 0 saturated heterocycles. The number of benzene rings is 1. The molecule has 0 fully saturated rings.